The van der Waals surface area contributed by atoms with Crippen LogP contribution in [0.4, 0.5) is 0 Å². The highest BCUT2D eigenvalue weighted by atomic mass is 32.2. The minimum atomic E-state index is -4.02. The van der Waals surface area contributed by atoms with Crippen LogP contribution in [0.2, 0.25) is 0 Å². The Bertz CT molecular complexity index is 1290. The summed E-state index contributed by atoms with van der Waals surface area (Å²) in [7, 11) is -4.02. The van der Waals surface area contributed by atoms with Crippen molar-refractivity contribution in [3.05, 3.63) is 65.3 Å². The predicted octanol–water partition coefficient (Wildman–Crippen LogP) is 3.17. The number of nitrogens with one attached hydrogen (secondary N) is 1. The molecule has 0 atom stereocenters. The number of benzene rings is 1. The summed E-state index contributed by atoms with van der Waals surface area (Å²) in [5, 5.41) is 4.02. The van der Waals surface area contributed by atoms with Gasteiger partial charge in [-0.05, 0) is 42.8 Å². The van der Waals surface area contributed by atoms with Crippen molar-refractivity contribution in [3.63, 3.8) is 0 Å². The molecule has 29 heavy (non-hydrogen) atoms. The maximum absolute atomic E-state index is 12.9. The number of hydrogen-bond donors (Lipinski definition) is 1. The van der Waals surface area contributed by atoms with Crippen molar-refractivity contribution in [2.45, 2.75) is 17.9 Å². The molecule has 0 unspecified atom stereocenters. The van der Waals surface area contributed by atoms with E-state index < -0.39 is 10.1 Å². The van der Waals surface area contributed by atoms with Gasteiger partial charge in [0, 0.05) is 29.4 Å². The van der Waals surface area contributed by atoms with E-state index in [1.54, 1.807) is 54.1 Å². The lowest BCUT2D eigenvalue weighted by Crippen LogP contribution is -2.22. The van der Waals surface area contributed by atoms with E-state index in [0.717, 1.165) is 40.3 Å². The average molecular weight is 425 g/mol. The minimum Gasteiger partial charge on any atom is -0.357 e. The molecule has 0 aliphatic carbocycles. The van der Waals surface area contributed by atoms with Crippen molar-refractivity contribution in [2.75, 3.05) is 6.54 Å². The summed E-state index contributed by atoms with van der Waals surface area (Å²) in [5.41, 5.74) is 1.80. The van der Waals surface area contributed by atoms with Gasteiger partial charge in [-0.15, -0.1) is 11.3 Å². The second kappa shape index (κ2) is 7.18. The average Bonchev–Trinajstić information content (AvgIpc) is 3.13. The molecule has 0 fully saturated rings. The standard InChI is InChI=1S/C20H16N4O3S2/c25-29(26,14-4-2-1-3-5-14)27-19-17-15-8-11-22-12-16(15)28-20(17)24-18(23-19)13-6-9-21-10-7-13/h1-7,9-10,22H,8,11-12H2. The first-order valence-electron chi connectivity index (χ1n) is 9.05. The Kier molecular flexibility index (Phi) is 4.50. The van der Waals surface area contributed by atoms with Gasteiger partial charge in [-0.1, -0.05) is 18.2 Å². The summed E-state index contributed by atoms with van der Waals surface area (Å²) in [5.74, 6) is 0.481. The molecule has 1 aliphatic rings. The van der Waals surface area contributed by atoms with E-state index >= 15 is 0 Å². The van der Waals surface area contributed by atoms with E-state index in [1.165, 1.54) is 12.1 Å². The van der Waals surface area contributed by atoms with Gasteiger partial charge >= 0.3 is 10.1 Å². The molecule has 4 heterocycles. The van der Waals surface area contributed by atoms with Crippen molar-refractivity contribution in [2.24, 2.45) is 0 Å². The van der Waals surface area contributed by atoms with Crippen molar-refractivity contribution < 1.29 is 12.6 Å². The van der Waals surface area contributed by atoms with Gasteiger partial charge in [0.2, 0.25) is 5.88 Å². The summed E-state index contributed by atoms with van der Waals surface area (Å²) < 4.78 is 31.3. The smallest absolute Gasteiger partial charge is 0.340 e. The first-order valence-corrected chi connectivity index (χ1v) is 11.3. The molecule has 1 aromatic carbocycles. The number of aromatic nitrogens is 3. The fourth-order valence-electron chi connectivity index (χ4n) is 3.32. The van der Waals surface area contributed by atoms with E-state index in [2.05, 4.69) is 15.3 Å². The molecule has 146 valence electrons. The maximum Gasteiger partial charge on any atom is 0.340 e. The van der Waals surface area contributed by atoms with Crippen molar-refractivity contribution >= 4 is 31.7 Å². The van der Waals surface area contributed by atoms with E-state index in [1.807, 2.05) is 0 Å². The van der Waals surface area contributed by atoms with E-state index in [-0.39, 0.29) is 10.8 Å². The Hall–Kier alpha value is -2.88. The fourth-order valence-corrected chi connectivity index (χ4v) is 5.42. The first kappa shape index (κ1) is 18.2. The number of pyridine rings is 1. The second-order valence-electron chi connectivity index (χ2n) is 6.55. The Labute approximate surface area is 171 Å². The molecule has 1 N–H and O–H groups in total. The summed E-state index contributed by atoms with van der Waals surface area (Å²) in [6.07, 6.45) is 4.07. The molecule has 0 saturated carbocycles. The summed E-state index contributed by atoms with van der Waals surface area (Å²) in [6, 6.07) is 11.6. The molecule has 0 bridgehead atoms. The number of fused-ring (bicyclic) bond motifs is 3. The van der Waals surface area contributed by atoms with Gasteiger partial charge in [-0.2, -0.15) is 13.4 Å². The van der Waals surface area contributed by atoms with E-state index in [4.69, 9.17) is 9.17 Å². The Morgan fingerprint density at radius 2 is 1.83 bits per heavy atom. The van der Waals surface area contributed by atoms with Crippen LogP contribution in [0.3, 0.4) is 0 Å². The van der Waals surface area contributed by atoms with Crippen molar-refractivity contribution in [3.8, 4) is 17.3 Å². The Morgan fingerprint density at radius 3 is 2.62 bits per heavy atom. The van der Waals surface area contributed by atoms with Crippen LogP contribution in [-0.4, -0.2) is 29.9 Å². The summed E-state index contributed by atoms with van der Waals surface area (Å²) in [4.78, 5) is 15.2. The third-order valence-electron chi connectivity index (χ3n) is 4.70. The third kappa shape index (κ3) is 3.37. The number of hydrogen-bond acceptors (Lipinski definition) is 8. The van der Waals surface area contributed by atoms with Gasteiger partial charge in [0.15, 0.2) is 5.82 Å². The first-order chi connectivity index (χ1) is 14.1. The molecule has 0 radical (unpaired) electrons. The Balaban J connectivity index is 1.71. The van der Waals surface area contributed by atoms with Gasteiger partial charge in [0.05, 0.1) is 5.39 Å². The second-order valence-corrected chi connectivity index (χ2v) is 9.18. The van der Waals surface area contributed by atoms with Crippen LogP contribution in [0.5, 0.6) is 5.88 Å². The van der Waals surface area contributed by atoms with Crippen molar-refractivity contribution in [1.82, 2.24) is 20.3 Å². The monoisotopic (exact) mass is 424 g/mol. The molecule has 1 aliphatic heterocycles. The van der Waals surface area contributed by atoms with Crippen LogP contribution >= 0.6 is 11.3 Å². The van der Waals surface area contributed by atoms with Crippen LogP contribution in [0.15, 0.2) is 59.8 Å². The largest absolute Gasteiger partial charge is 0.357 e. The number of nitrogens with zero attached hydrogens (tertiary/aromatic N) is 3. The topological polar surface area (TPSA) is 94.1 Å². The van der Waals surface area contributed by atoms with Gasteiger partial charge in [0.25, 0.3) is 0 Å². The van der Waals surface area contributed by atoms with Crippen molar-refractivity contribution in [1.29, 1.82) is 0 Å². The summed E-state index contributed by atoms with van der Waals surface area (Å²) in [6.45, 7) is 1.54. The molecule has 4 aromatic rings. The van der Waals surface area contributed by atoms with E-state index in [0.29, 0.717) is 11.2 Å². The molecule has 0 spiro atoms. The van der Waals surface area contributed by atoms with Gasteiger partial charge in [-0.25, -0.2) is 4.98 Å². The maximum atomic E-state index is 12.9. The number of thiophene rings is 1. The molecular formula is C20H16N4O3S2. The highest BCUT2D eigenvalue weighted by molar-refractivity contribution is 7.87. The van der Waals surface area contributed by atoms with Crippen LogP contribution in [0.25, 0.3) is 21.6 Å². The Morgan fingerprint density at radius 1 is 1.03 bits per heavy atom. The van der Waals surface area contributed by atoms with Gasteiger partial charge in [0.1, 0.15) is 9.73 Å². The van der Waals surface area contributed by atoms with Crippen LogP contribution in [0.1, 0.15) is 10.4 Å². The molecule has 0 amide bonds. The zero-order chi connectivity index (χ0) is 19.8. The molecular weight excluding hydrogens is 408 g/mol. The highest BCUT2D eigenvalue weighted by Crippen LogP contribution is 2.39. The van der Waals surface area contributed by atoms with Crippen LogP contribution in [-0.2, 0) is 23.1 Å². The summed E-state index contributed by atoms with van der Waals surface area (Å²) >= 11 is 1.54. The molecule has 5 rings (SSSR count). The van der Waals surface area contributed by atoms with E-state index in [9.17, 15) is 8.42 Å². The lowest BCUT2D eigenvalue weighted by molar-refractivity contribution is 0.479. The quantitative estimate of drug-likeness (QED) is 0.503. The predicted molar refractivity (Wildman–Crippen MR) is 110 cm³/mol. The minimum absolute atomic E-state index is 0.0741. The lowest BCUT2D eigenvalue weighted by Gasteiger charge is -2.14. The zero-order valence-corrected chi connectivity index (χ0v) is 16.8. The van der Waals surface area contributed by atoms with Gasteiger partial charge in [-0.3, -0.25) is 4.98 Å². The lowest BCUT2D eigenvalue weighted by atomic mass is 10.1. The van der Waals surface area contributed by atoms with Gasteiger partial charge < -0.3 is 9.50 Å². The zero-order valence-electron chi connectivity index (χ0n) is 15.2. The molecule has 9 heteroatoms. The van der Waals surface area contributed by atoms with Crippen LogP contribution < -0.4 is 9.50 Å². The number of rotatable bonds is 4. The molecule has 0 saturated heterocycles. The molecule has 3 aromatic heterocycles. The van der Waals surface area contributed by atoms with Crippen LogP contribution in [0, 0.1) is 0 Å². The third-order valence-corrected chi connectivity index (χ3v) is 7.05. The SMILES string of the molecule is O=S(=O)(Oc1nc(-c2ccncc2)nc2sc3c(c12)CCNC3)c1ccccc1. The molecule has 7 nitrogen and oxygen atoms in total. The highest BCUT2D eigenvalue weighted by Gasteiger charge is 2.26. The fraction of sp³-hybridized carbons (Fsp3) is 0.150. The normalized spacial score (nSPS) is 13.9.